The molecule has 102 valence electrons. The number of anilines is 1. The second-order valence-corrected chi connectivity index (χ2v) is 6.61. The van der Waals surface area contributed by atoms with Crippen molar-refractivity contribution in [2.45, 2.75) is 39.2 Å². The van der Waals surface area contributed by atoms with E-state index in [1.54, 1.807) is 6.26 Å². The highest BCUT2D eigenvalue weighted by molar-refractivity contribution is 7.84. The lowest BCUT2D eigenvalue weighted by atomic mass is 10.1. The van der Waals surface area contributed by atoms with E-state index >= 15 is 0 Å². The minimum absolute atomic E-state index is 0.206. The Morgan fingerprint density at radius 2 is 2.06 bits per heavy atom. The summed E-state index contributed by atoms with van der Waals surface area (Å²) in [7, 11) is -0.761. The van der Waals surface area contributed by atoms with Crippen LogP contribution in [0.5, 0.6) is 0 Å². The lowest BCUT2D eigenvalue weighted by Gasteiger charge is -2.18. The van der Waals surface area contributed by atoms with E-state index in [-0.39, 0.29) is 12.0 Å². The number of hydrogen-bond donors (Lipinski definition) is 1. The monoisotopic (exact) mass is 289 g/mol. The van der Waals surface area contributed by atoms with Crippen molar-refractivity contribution in [2.24, 2.45) is 0 Å². The van der Waals surface area contributed by atoms with Gasteiger partial charge in [-0.25, -0.2) is 9.97 Å². The number of rotatable bonds is 6. The molecule has 18 heavy (non-hydrogen) atoms. The van der Waals surface area contributed by atoms with Crippen molar-refractivity contribution in [2.75, 3.05) is 17.3 Å². The van der Waals surface area contributed by atoms with Crippen LogP contribution >= 0.6 is 11.6 Å². The molecule has 1 aromatic rings. The molecular weight excluding hydrogens is 270 g/mol. The van der Waals surface area contributed by atoms with Gasteiger partial charge in [0.25, 0.3) is 0 Å². The van der Waals surface area contributed by atoms with E-state index in [2.05, 4.69) is 29.1 Å². The third kappa shape index (κ3) is 4.53. The van der Waals surface area contributed by atoms with Gasteiger partial charge in [0.2, 0.25) is 0 Å². The highest BCUT2D eigenvalue weighted by Gasteiger charge is 2.15. The van der Waals surface area contributed by atoms with E-state index < -0.39 is 10.8 Å². The average molecular weight is 290 g/mol. The largest absolute Gasteiger partial charge is 0.367 e. The molecule has 0 bridgehead atoms. The van der Waals surface area contributed by atoms with E-state index in [1.807, 2.05) is 6.92 Å². The van der Waals surface area contributed by atoms with Crippen LogP contribution in [0, 0.1) is 0 Å². The first-order valence-electron chi connectivity index (χ1n) is 5.98. The molecule has 1 N–H and O–H groups in total. The van der Waals surface area contributed by atoms with Gasteiger partial charge in [-0.3, -0.25) is 4.21 Å². The maximum absolute atomic E-state index is 11.1. The summed E-state index contributed by atoms with van der Waals surface area (Å²) in [5, 5.41) is 3.81. The normalized spacial score (nSPS) is 14.6. The van der Waals surface area contributed by atoms with Gasteiger partial charge in [-0.1, -0.05) is 25.4 Å². The summed E-state index contributed by atoms with van der Waals surface area (Å²) in [4.78, 5) is 8.25. The van der Waals surface area contributed by atoms with Crippen LogP contribution < -0.4 is 5.32 Å². The lowest BCUT2D eigenvalue weighted by molar-refractivity contribution is 0.677. The second-order valence-electron chi connectivity index (χ2n) is 4.69. The molecule has 0 radical (unpaired) electrons. The molecule has 1 aromatic heterocycles. The van der Waals surface area contributed by atoms with Gasteiger partial charge in [-0.05, 0) is 19.3 Å². The van der Waals surface area contributed by atoms with E-state index in [0.29, 0.717) is 10.9 Å². The molecule has 4 nitrogen and oxygen atoms in total. The fourth-order valence-electron chi connectivity index (χ4n) is 1.65. The Morgan fingerprint density at radius 1 is 1.39 bits per heavy atom. The molecule has 0 spiro atoms. The number of halogens is 1. The van der Waals surface area contributed by atoms with Crippen molar-refractivity contribution in [3.8, 4) is 0 Å². The van der Waals surface area contributed by atoms with Crippen LogP contribution in [0.1, 0.15) is 38.7 Å². The SMILES string of the molecule is CC(CCS(C)=O)Nc1ncnc(Cl)c1C(C)C. The van der Waals surface area contributed by atoms with E-state index in [1.165, 1.54) is 6.33 Å². The Morgan fingerprint density at radius 3 is 2.61 bits per heavy atom. The zero-order valence-corrected chi connectivity index (χ0v) is 12.8. The van der Waals surface area contributed by atoms with E-state index in [9.17, 15) is 4.21 Å². The first kappa shape index (κ1) is 15.4. The van der Waals surface area contributed by atoms with Gasteiger partial charge in [-0.15, -0.1) is 0 Å². The maximum atomic E-state index is 11.1. The predicted octanol–water partition coefficient (Wildman–Crippen LogP) is 2.82. The van der Waals surface area contributed by atoms with Gasteiger partial charge in [0.05, 0.1) is 0 Å². The fraction of sp³-hybridized carbons (Fsp3) is 0.667. The van der Waals surface area contributed by atoms with Gasteiger partial charge in [0.15, 0.2) is 0 Å². The van der Waals surface area contributed by atoms with Crippen molar-refractivity contribution >= 4 is 28.2 Å². The third-order valence-corrected chi connectivity index (χ3v) is 3.75. The quantitative estimate of drug-likeness (QED) is 0.818. The van der Waals surface area contributed by atoms with Crippen molar-refractivity contribution < 1.29 is 4.21 Å². The molecule has 0 aliphatic heterocycles. The van der Waals surface area contributed by atoms with Crippen LogP contribution in [-0.4, -0.2) is 32.2 Å². The number of nitrogens with zero attached hydrogens (tertiary/aromatic N) is 2. The van der Waals surface area contributed by atoms with E-state index in [0.717, 1.165) is 17.8 Å². The van der Waals surface area contributed by atoms with Gasteiger partial charge >= 0.3 is 0 Å². The summed E-state index contributed by atoms with van der Waals surface area (Å²) in [6, 6.07) is 0.206. The zero-order chi connectivity index (χ0) is 13.7. The van der Waals surface area contributed by atoms with Crippen LogP contribution in [0.2, 0.25) is 5.15 Å². The molecule has 0 aliphatic rings. The topological polar surface area (TPSA) is 54.9 Å². The average Bonchev–Trinajstić information content (AvgIpc) is 2.26. The summed E-state index contributed by atoms with van der Waals surface area (Å²) < 4.78 is 11.1. The summed E-state index contributed by atoms with van der Waals surface area (Å²) in [6.07, 6.45) is 4.01. The second kappa shape index (κ2) is 7.04. The third-order valence-electron chi connectivity index (χ3n) is 2.63. The van der Waals surface area contributed by atoms with Crippen LogP contribution in [-0.2, 0) is 10.8 Å². The van der Waals surface area contributed by atoms with Gasteiger partial charge in [0, 0.05) is 34.4 Å². The molecule has 0 aromatic carbocycles. The highest BCUT2D eigenvalue weighted by Crippen LogP contribution is 2.28. The summed E-state index contributed by atoms with van der Waals surface area (Å²) >= 11 is 6.10. The summed E-state index contributed by atoms with van der Waals surface area (Å²) in [5.74, 6) is 1.72. The Hall–Kier alpha value is -0.680. The van der Waals surface area contributed by atoms with Gasteiger partial charge in [-0.2, -0.15) is 0 Å². The van der Waals surface area contributed by atoms with Crippen molar-refractivity contribution in [1.82, 2.24) is 9.97 Å². The lowest BCUT2D eigenvalue weighted by Crippen LogP contribution is -2.20. The molecule has 0 amide bonds. The van der Waals surface area contributed by atoms with Gasteiger partial charge < -0.3 is 5.32 Å². The summed E-state index contributed by atoms with van der Waals surface area (Å²) in [5.41, 5.74) is 0.934. The van der Waals surface area contributed by atoms with Crippen LogP contribution in [0.4, 0.5) is 5.82 Å². The Balaban J connectivity index is 2.77. The molecule has 6 heteroatoms. The minimum Gasteiger partial charge on any atom is -0.367 e. The molecule has 0 fully saturated rings. The minimum atomic E-state index is -0.761. The number of nitrogens with one attached hydrogen (secondary N) is 1. The fourth-order valence-corrected chi connectivity index (χ4v) is 2.69. The van der Waals surface area contributed by atoms with Crippen LogP contribution in [0.25, 0.3) is 0 Å². The Kier molecular flexibility index (Phi) is 6.02. The first-order chi connectivity index (χ1) is 8.41. The van der Waals surface area contributed by atoms with Crippen molar-refractivity contribution in [1.29, 1.82) is 0 Å². The Bertz CT molecular complexity index is 426. The molecule has 1 heterocycles. The number of hydrogen-bond acceptors (Lipinski definition) is 4. The highest BCUT2D eigenvalue weighted by atomic mass is 35.5. The molecular formula is C12H20ClN3OS. The van der Waals surface area contributed by atoms with Gasteiger partial charge in [0.1, 0.15) is 17.3 Å². The van der Waals surface area contributed by atoms with Crippen molar-refractivity contribution in [3.63, 3.8) is 0 Å². The first-order valence-corrected chi connectivity index (χ1v) is 8.09. The smallest absolute Gasteiger partial charge is 0.138 e. The molecule has 2 unspecified atom stereocenters. The zero-order valence-electron chi connectivity index (χ0n) is 11.2. The molecule has 0 saturated heterocycles. The Labute approximate surface area is 116 Å². The molecule has 2 atom stereocenters. The number of aromatic nitrogens is 2. The van der Waals surface area contributed by atoms with Crippen LogP contribution in [0.15, 0.2) is 6.33 Å². The van der Waals surface area contributed by atoms with E-state index in [4.69, 9.17) is 11.6 Å². The molecule has 1 rings (SSSR count). The molecule has 0 aliphatic carbocycles. The van der Waals surface area contributed by atoms with Crippen LogP contribution in [0.3, 0.4) is 0 Å². The van der Waals surface area contributed by atoms with Crippen molar-refractivity contribution in [3.05, 3.63) is 17.0 Å². The summed E-state index contributed by atoms with van der Waals surface area (Å²) in [6.45, 7) is 6.16. The molecule has 0 saturated carbocycles. The predicted molar refractivity (Wildman–Crippen MR) is 77.8 cm³/mol. The maximum Gasteiger partial charge on any atom is 0.138 e. The standard InChI is InChI=1S/C12H20ClN3OS/c1-8(2)10-11(13)14-7-15-12(10)16-9(3)5-6-18(4)17/h7-9H,5-6H2,1-4H3,(H,14,15,16).